The second kappa shape index (κ2) is 7.84. The number of carbonyl (C=O) groups excluding carboxylic acids is 2. The minimum absolute atomic E-state index is 0.0245. The molecule has 2 unspecified atom stereocenters. The van der Waals surface area contributed by atoms with Crippen molar-refractivity contribution in [1.82, 2.24) is 9.80 Å². The van der Waals surface area contributed by atoms with Crippen LogP contribution in [0.4, 0.5) is 4.79 Å². The van der Waals surface area contributed by atoms with E-state index in [0.717, 1.165) is 24.8 Å². The maximum atomic E-state index is 12.5. The van der Waals surface area contributed by atoms with Gasteiger partial charge in [-0.25, -0.2) is 9.69 Å². The van der Waals surface area contributed by atoms with Gasteiger partial charge in [0.05, 0.1) is 6.04 Å². The number of hydrogen-bond donors (Lipinski definition) is 0. The molecule has 2 atom stereocenters. The van der Waals surface area contributed by atoms with E-state index >= 15 is 0 Å². The summed E-state index contributed by atoms with van der Waals surface area (Å²) < 4.78 is 5.38. The largest absolute Gasteiger partial charge is 0.443 e. The molecule has 0 N–H and O–H groups in total. The van der Waals surface area contributed by atoms with E-state index in [-0.39, 0.29) is 17.9 Å². The lowest BCUT2D eigenvalue weighted by Gasteiger charge is -2.26. The molecule has 5 nitrogen and oxygen atoms in total. The van der Waals surface area contributed by atoms with Gasteiger partial charge in [0.1, 0.15) is 5.60 Å². The molecule has 0 spiro atoms. The van der Waals surface area contributed by atoms with Gasteiger partial charge in [-0.2, -0.15) is 0 Å². The van der Waals surface area contributed by atoms with Crippen molar-refractivity contribution in [2.45, 2.75) is 71.9 Å². The molecule has 132 valence electrons. The maximum Gasteiger partial charge on any atom is 0.417 e. The Labute approximate surface area is 140 Å². The monoisotopic (exact) mass is 324 g/mol. The third-order valence-corrected chi connectivity index (χ3v) is 3.66. The highest BCUT2D eigenvalue weighted by Crippen LogP contribution is 2.42. The second-order valence-electron chi connectivity index (χ2n) is 7.52. The Hall–Kier alpha value is -1.52. The third kappa shape index (κ3) is 4.98. The highest BCUT2D eigenvalue weighted by atomic mass is 16.6. The predicted molar refractivity (Wildman–Crippen MR) is 91.9 cm³/mol. The van der Waals surface area contributed by atoms with Crippen LogP contribution < -0.4 is 0 Å². The summed E-state index contributed by atoms with van der Waals surface area (Å²) in [6.07, 6.45) is 5.47. The Morgan fingerprint density at radius 2 is 1.87 bits per heavy atom. The summed E-state index contributed by atoms with van der Waals surface area (Å²) in [5.41, 5.74) is 0.155. The summed E-state index contributed by atoms with van der Waals surface area (Å²) >= 11 is 0. The van der Waals surface area contributed by atoms with Gasteiger partial charge in [-0.1, -0.05) is 26.7 Å². The van der Waals surface area contributed by atoms with Crippen molar-refractivity contribution < 1.29 is 14.3 Å². The molecular formula is C18H32N2O3. The fourth-order valence-electron chi connectivity index (χ4n) is 3.02. The fourth-order valence-corrected chi connectivity index (χ4v) is 3.02. The van der Waals surface area contributed by atoms with Crippen LogP contribution in [0.1, 0.15) is 60.3 Å². The van der Waals surface area contributed by atoms with Gasteiger partial charge < -0.3 is 9.64 Å². The first-order valence-electron chi connectivity index (χ1n) is 8.57. The number of ether oxygens (including phenoxy) is 1. The van der Waals surface area contributed by atoms with Crippen LogP contribution in [-0.2, 0) is 9.53 Å². The minimum atomic E-state index is -0.584. The molecule has 2 aliphatic rings. The van der Waals surface area contributed by atoms with Crippen LogP contribution in [-0.4, -0.2) is 47.5 Å². The van der Waals surface area contributed by atoms with Gasteiger partial charge in [0, 0.05) is 31.8 Å². The quantitative estimate of drug-likeness (QED) is 0.689. The molecule has 0 radical (unpaired) electrons. The van der Waals surface area contributed by atoms with Crippen molar-refractivity contribution in [2.75, 3.05) is 14.1 Å². The van der Waals surface area contributed by atoms with Crippen molar-refractivity contribution in [3.05, 3.63) is 11.8 Å². The van der Waals surface area contributed by atoms with Crippen LogP contribution in [0.5, 0.6) is 0 Å². The van der Waals surface area contributed by atoms with E-state index in [4.69, 9.17) is 4.74 Å². The summed E-state index contributed by atoms with van der Waals surface area (Å²) in [5, 5.41) is 0. The molecule has 0 aromatic rings. The number of hydrogen-bond acceptors (Lipinski definition) is 4. The summed E-state index contributed by atoms with van der Waals surface area (Å²) in [5.74, 6) is -0.0277. The van der Waals surface area contributed by atoms with E-state index in [2.05, 4.69) is 13.8 Å². The zero-order chi connectivity index (χ0) is 17.8. The molecule has 0 aromatic heterocycles. The van der Waals surface area contributed by atoms with E-state index in [9.17, 15) is 9.59 Å². The van der Waals surface area contributed by atoms with Gasteiger partial charge in [0.15, 0.2) is 0 Å². The lowest BCUT2D eigenvalue weighted by atomic mass is 9.99. The third-order valence-electron chi connectivity index (χ3n) is 3.66. The van der Waals surface area contributed by atoms with Gasteiger partial charge >= 0.3 is 6.09 Å². The molecule has 1 saturated carbocycles. The smallest absolute Gasteiger partial charge is 0.417 e. The summed E-state index contributed by atoms with van der Waals surface area (Å²) in [6, 6.07) is -0.0245. The first-order valence-corrected chi connectivity index (χ1v) is 8.57. The summed E-state index contributed by atoms with van der Waals surface area (Å²) in [6.45, 7) is 9.69. The van der Waals surface area contributed by atoms with Gasteiger partial charge in [0.25, 0.3) is 5.91 Å². The molecule has 2 fully saturated rings. The van der Waals surface area contributed by atoms with Crippen molar-refractivity contribution >= 4 is 12.0 Å². The Bertz CT molecular complexity index is 463. The Morgan fingerprint density at radius 1 is 1.30 bits per heavy atom. The molecule has 2 amide bonds. The standard InChI is InChI=1S/C15H24N2O3.C3H8/c1-15(2,3)20-14(19)17-12-8-6-7-10(12)11(13(17)18)9-16(4)5;1-3-2/h9-10,12H,6-8H2,1-5H3;3H2,1-2H3/b11-9+;. The Morgan fingerprint density at radius 3 is 2.35 bits per heavy atom. The summed E-state index contributed by atoms with van der Waals surface area (Å²) in [7, 11) is 3.78. The Kier molecular flexibility index (Phi) is 6.66. The van der Waals surface area contributed by atoms with E-state index in [1.165, 1.54) is 11.3 Å². The molecule has 5 heteroatoms. The van der Waals surface area contributed by atoms with Crippen molar-refractivity contribution in [3.8, 4) is 0 Å². The van der Waals surface area contributed by atoms with E-state index < -0.39 is 11.7 Å². The SMILES string of the molecule is CCC.CN(C)/C=C1/C(=O)N(C(=O)OC(C)(C)C)C2CCCC12. The van der Waals surface area contributed by atoms with Gasteiger partial charge in [0.2, 0.25) is 0 Å². The molecule has 1 aliphatic heterocycles. The van der Waals surface area contributed by atoms with Crippen molar-refractivity contribution in [1.29, 1.82) is 0 Å². The molecule has 1 aliphatic carbocycles. The average molecular weight is 324 g/mol. The maximum absolute atomic E-state index is 12.5. The molecule has 1 saturated heterocycles. The fraction of sp³-hybridized carbons (Fsp3) is 0.778. The molecule has 1 heterocycles. The van der Waals surface area contributed by atoms with Gasteiger partial charge in [-0.3, -0.25) is 4.79 Å². The predicted octanol–water partition coefficient (Wildman–Crippen LogP) is 3.79. The number of rotatable bonds is 1. The van der Waals surface area contributed by atoms with Crippen LogP contribution in [0.2, 0.25) is 0 Å². The highest BCUT2D eigenvalue weighted by molar-refractivity contribution is 6.05. The van der Waals surface area contributed by atoms with Crippen LogP contribution in [0.3, 0.4) is 0 Å². The van der Waals surface area contributed by atoms with E-state index in [0.29, 0.717) is 0 Å². The first-order chi connectivity index (χ1) is 10.6. The topological polar surface area (TPSA) is 49.9 Å². The van der Waals surface area contributed by atoms with Crippen LogP contribution in [0.25, 0.3) is 0 Å². The van der Waals surface area contributed by atoms with E-state index in [1.54, 1.807) is 0 Å². The number of nitrogens with zero attached hydrogens (tertiary/aromatic N) is 2. The average Bonchev–Trinajstić information content (AvgIpc) is 2.91. The van der Waals surface area contributed by atoms with E-state index in [1.807, 2.05) is 46.0 Å². The van der Waals surface area contributed by atoms with Gasteiger partial charge in [-0.05, 0) is 33.6 Å². The lowest BCUT2D eigenvalue weighted by Crippen LogP contribution is -2.42. The summed E-state index contributed by atoms with van der Waals surface area (Å²) in [4.78, 5) is 28.0. The zero-order valence-corrected chi connectivity index (χ0v) is 15.7. The number of likely N-dealkylation sites (tertiary alicyclic amines) is 1. The highest BCUT2D eigenvalue weighted by Gasteiger charge is 2.50. The number of imide groups is 1. The van der Waals surface area contributed by atoms with Crippen LogP contribution in [0, 0.1) is 5.92 Å². The van der Waals surface area contributed by atoms with Crippen LogP contribution >= 0.6 is 0 Å². The lowest BCUT2D eigenvalue weighted by molar-refractivity contribution is -0.125. The molecule has 23 heavy (non-hydrogen) atoms. The number of carbonyl (C=O) groups is 2. The Balaban J connectivity index is 0.000000816. The van der Waals surface area contributed by atoms with Crippen LogP contribution in [0.15, 0.2) is 11.8 Å². The number of fused-ring (bicyclic) bond motifs is 1. The zero-order valence-electron chi connectivity index (χ0n) is 15.7. The molecule has 0 aromatic carbocycles. The molecule has 2 rings (SSSR count). The first kappa shape index (κ1) is 19.5. The minimum Gasteiger partial charge on any atom is -0.443 e. The number of amides is 2. The second-order valence-corrected chi connectivity index (χ2v) is 7.52. The van der Waals surface area contributed by atoms with Crippen molar-refractivity contribution in [2.24, 2.45) is 5.92 Å². The normalized spacial score (nSPS) is 25.1. The van der Waals surface area contributed by atoms with Crippen molar-refractivity contribution in [3.63, 3.8) is 0 Å². The van der Waals surface area contributed by atoms with Gasteiger partial charge in [-0.15, -0.1) is 0 Å². The molecule has 0 bridgehead atoms. The molecular weight excluding hydrogens is 292 g/mol.